The molecule has 3 rings (SSSR count). The van der Waals surface area contributed by atoms with Gasteiger partial charge in [-0.05, 0) is 69.3 Å². The Morgan fingerprint density at radius 1 is 1.10 bits per heavy atom. The number of carbonyl (C=O) groups is 1. The van der Waals surface area contributed by atoms with Crippen LogP contribution >= 0.6 is 0 Å². The molecule has 162 valence electrons. The number of benzene rings is 2. The van der Waals surface area contributed by atoms with Crippen LogP contribution in [0.4, 0.5) is 11.4 Å². The summed E-state index contributed by atoms with van der Waals surface area (Å²) in [6.07, 6.45) is 1.38. The highest BCUT2D eigenvalue weighted by molar-refractivity contribution is 7.92. The third-order valence-corrected chi connectivity index (χ3v) is 6.94. The lowest BCUT2D eigenvalue weighted by molar-refractivity contribution is -0.114. The molecule has 1 atom stereocenters. The first-order valence-electron chi connectivity index (χ1n) is 10.1. The molecular weight excluding hydrogens is 402 g/mol. The van der Waals surface area contributed by atoms with E-state index < -0.39 is 16.1 Å². The number of aryl methyl sites for hydroxylation is 1. The van der Waals surface area contributed by atoms with Crippen molar-refractivity contribution in [1.82, 2.24) is 4.90 Å². The molecule has 30 heavy (non-hydrogen) atoms. The van der Waals surface area contributed by atoms with Crippen molar-refractivity contribution in [2.45, 2.75) is 37.7 Å². The molecular formula is C22H29N3O4S. The van der Waals surface area contributed by atoms with Crippen LogP contribution in [0.3, 0.4) is 0 Å². The van der Waals surface area contributed by atoms with Gasteiger partial charge in [0.05, 0.1) is 23.2 Å². The number of amides is 1. The third kappa shape index (κ3) is 5.59. The molecule has 0 spiro atoms. The Labute approximate surface area is 178 Å². The average Bonchev–Trinajstić information content (AvgIpc) is 3.19. The second-order valence-electron chi connectivity index (χ2n) is 7.74. The number of β-amino-alcohol motifs (C(OH)–C–C–N with tert-alkyl or cyclic N) is 1. The molecule has 1 amide bonds. The van der Waals surface area contributed by atoms with E-state index in [0.29, 0.717) is 17.9 Å². The number of hydrogen-bond acceptors (Lipinski definition) is 5. The minimum atomic E-state index is -3.87. The normalized spacial score (nSPS) is 15.7. The van der Waals surface area contributed by atoms with Crippen LogP contribution in [0.2, 0.25) is 0 Å². The fraction of sp³-hybridized carbons (Fsp3) is 0.409. The van der Waals surface area contributed by atoms with Gasteiger partial charge in [0.25, 0.3) is 10.0 Å². The molecule has 1 fully saturated rings. The fourth-order valence-electron chi connectivity index (χ4n) is 3.61. The largest absolute Gasteiger partial charge is 0.390 e. The Balaban J connectivity index is 1.89. The first-order chi connectivity index (χ1) is 14.3. The van der Waals surface area contributed by atoms with Gasteiger partial charge < -0.3 is 15.3 Å². The van der Waals surface area contributed by atoms with E-state index >= 15 is 0 Å². The van der Waals surface area contributed by atoms with Crippen molar-refractivity contribution in [2.24, 2.45) is 0 Å². The molecule has 0 saturated carbocycles. The lowest BCUT2D eigenvalue weighted by Crippen LogP contribution is -2.42. The number of aliphatic hydroxyl groups is 1. The number of anilines is 2. The van der Waals surface area contributed by atoms with Crippen molar-refractivity contribution in [3.63, 3.8) is 0 Å². The maximum atomic E-state index is 13.4. The van der Waals surface area contributed by atoms with Crippen LogP contribution in [-0.4, -0.2) is 56.6 Å². The maximum Gasteiger partial charge on any atom is 0.264 e. The summed E-state index contributed by atoms with van der Waals surface area (Å²) < 4.78 is 28.1. The fourth-order valence-corrected chi connectivity index (χ4v) is 5.11. The summed E-state index contributed by atoms with van der Waals surface area (Å²) in [7, 11) is -3.87. The highest BCUT2D eigenvalue weighted by Gasteiger charge is 2.28. The Bertz CT molecular complexity index is 953. The van der Waals surface area contributed by atoms with E-state index in [1.54, 1.807) is 48.5 Å². The van der Waals surface area contributed by atoms with Gasteiger partial charge in [-0.3, -0.25) is 9.10 Å². The molecule has 1 saturated heterocycles. The maximum absolute atomic E-state index is 13.4. The zero-order chi connectivity index (χ0) is 21.7. The molecule has 7 nitrogen and oxygen atoms in total. The number of likely N-dealkylation sites (tertiary alicyclic amines) is 1. The molecule has 0 aliphatic carbocycles. The average molecular weight is 432 g/mol. The van der Waals surface area contributed by atoms with E-state index in [0.717, 1.165) is 31.5 Å². The van der Waals surface area contributed by atoms with Gasteiger partial charge in [0, 0.05) is 19.2 Å². The molecule has 0 bridgehead atoms. The van der Waals surface area contributed by atoms with Crippen molar-refractivity contribution in [1.29, 1.82) is 0 Å². The van der Waals surface area contributed by atoms with E-state index in [1.165, 1.54) is 11.2 Å². The van der Waals surface area contributed by atoms with Gasteiger partial charge in [-0.2, -0.15) is 0 Å². The predicted octanol–water partition coefficient (Wildman–Crippen LogP) is 2.61. The number of sulfonamides is 1. The predicted molar refractivity (Wildman–Crippen MR) is 118 cm³/mol. The molecule has 0 aromatic heterocycles. The van der Waals surface area contributed by atoms with E-state index in [4.69, 9.17) is 0 Å². The van der Waals surface area contributed by atoms with Crippen LogP contribution in [0.1, 0.15) is 25.3 Å². The lowest BCUT2D eigenvalue weighted by atomic mass is 10.2. The topological polar surface area (TPSA) is 90.0 Å². The summed E-state index contributed by atoms with van der Waals surface area (Å²) in [5.74, 6) is -0.201. The highest BCUT2D eigenvalue weighted by Crippen LogP contribution is 2.26. The summed E-state index contributed by atoms with van der Waals surface area (Å²) >= 11 is 0. The van der Waals surface area contributed by atoms with E-state index in [9.17, 15) is 18.3 Å². The Hall–Kier alpha value is -2.42. The third-order valence-electron chi connectivity index (χ3n) is 5.13. The van der Waals surface area contributed by atoms with Gasteiger partial charge in [-0.25, -0.2) is 8.42 Å². The summed E-state index contributed by atoms with van der Waals surface area (Å²) in [5, 5.41) is 13.3. The van der Waals surface area contributed by atoms with Gasteiger partial charge >= 0.3 is 0 Å². The van der Waals surface area contributed by atoms with Crippen LogP contribution in [0.5, 0.6) is 0 Å². The zero-order valence-corrected chi connectivity index (χ0v) is 18.2. The summed E-state index contributed by atoms with van der Waals surface area (Å²) in [6, 6.07) is 13.3. The monoisotopic (exact) mass is 431 g/mol. The van der Waals surface area contributed by atoms with Crippen LogP contribution in [-0.2, 0) is 14.8 Å². The first kappa shape index (κ1) is 22.3. The van der Waals surface area contributed by atoms with Crippen LogP contribution < -0.4 is 9.62 Å². The molecule has 2 aromatic rings. The molecule has 2 aromatic carbocycles. The molecule has 2 N–H and O–H groups in total. The number of carbonyl (C=O) groups excluding carboxylic acids is 1. The van der Waals surface area contributed by atoms with Crippen molar-refractivity contribution < 1.29 is 18.3 Å². The number of aliphatic hydroxyl groups excluding tert-OH is 1. The molecule has 1 aliphatic heterocycles. The summed E-state index contributed by atoms with van der Waals surface area (Å²) in [6.45, 7) is 5.54. The Morgan fingerprint density at radius 3 is 2.27 bits per heavy atom. The van der Waals surface area contributed by atoms with E-state index in [2.05, 4.69) is 10.2 Å². The minimum absolute atomic E-state index is 0.0494. The number of hydrogen-bond donors (Lipinski definition) is 2. The molecule has 1 heterocycles. The Kier molecular flexibility index (Phi) is 7.12. The molecule has 0 radical (unpaired) electrons. The van der Waals surface area contributed by atoms with Crippen molar-refractivity contribution >= 4 is 27.3 Å². The van der Waals surface area contributed by atoms with Gasteiger partial charge in [-0.15, -0.1) is 0 Å². The molecule has 1 unspecified atom stereocenters. The smallest absolute Gasteiger partial charge is 0.264 e. The van der Waals surface area contributed by atoms with Gasteiger partial charge in [0.1, 0.15) is 0 Å². The number of rotatable bonds is 8. The SMILES string of the molecule is CC(=O)Nc1ccc(N(CC(O)CN2CCCC2)S(=O)(=O)c2ccc(C)cc2)cc1. The van der Waals surface area contributed by atoms with Crippen molar-refractivity contribution in [3.8, 4) is 0 Å². The first-order valence-corrected chi connectivity index (χ1v) is 11.6. The van der Waals surface area contributed by atoms with E-state index in [1.807, 2.05) is 6.92 Å². The van der Waals surface area contributed by atoms with Crippen LogP contribution in [0.25, 0.3) is 0 Å². The Morgan fingerprint density at radius 2 is 1.70 bits per heavy atom. The quantitative estimate of drug-likeness (QED) is 0.671. The second-order valence-corrected chi connectivity index (χ2v) is 9.60. The zero-order valence-electron chi connectivity index (χ0n) is 17.4. The number of nitrogens with zero attached hydrogens (tertiary/aromatic N) is 2. The lowest BCUT2D eigenvalue weighted by Gasteiger charge is -2.29. The summed E-state index contributed by atoms with van der Waals surface area (Å²) in [5.41, 5.74) is 1.98. The van der Waals surface area contributed by atoms with Crippen LogP contribution in [0.15, 0.2) is 53.4 Å². The summed E-state index contributed by atoms with van der Waals surface area (Å²) in [4.78, 5) is 13.6. The second kappa shape index (κ2) is 9.59. The standard InChI is InChI=1S/C22H29N3O4S/c1-17-5-11-22(12-6-17)30(28,29)25(16-21(27)15-24-13-3-4-14-24)20-9-7-19(8-10-20)23-18(2)26/h5-12,21,27H,3-4,13-16H2,1-2H3,(H,23,26). The van der Waals surface area contributed by atoms with E-state index in [-0.39, 0.29) is 17.3 Å². The number of nitrogens with one attached hydrogen (secondary N) is 1. The molecule has 1 aliphatic rings. The van der Waals surface area contributed by atoms with Crippen molar-refractivity contribution in [3.05, 3.63) is 54.1 Å². The minimum Gasteiger partial charge on any atom is -0.390 e. The van der Waals surface area contributed by atoms with Gasteiger partial charge in [-0.1, -0.05) is 17.7 Å². The van der Waals surface area contributed by atoms with Gasteiger partial charge in [0.2, 0.25) is 5.91 Å². The van der Waals surface area contributed by atoms with Crippen LogP contribution in [0, 0.1) is 6.92 Å². The molecule has 8 heteroatoms. The van der Waals surface area contributed by atoms with Crippen molar-refractivity contribution in [2.75, 3.05) is 35.8 Å². The van der Waals surface area contributed by atoms with Gasteiger partial charge in [0.15, 0.2) is 0 Å². The highest BCUT2D eigenvalue weighted by atomic mass is 32.2.